The molecule has 0 saturated heterocycles. The van der Waals surface area contributed by atoms with Crippen molar-refractivity contribution in [2.24, 2.45) is 0 Å². The van der Waals surface area contributed by atoms with Gasteiger partial charge in [-0.25, -0.2) is 9.97 Å². The number of benzene rings is 8. The van der Waals surface area contributed by atoms with Crippen LogP contribution in [0.2, 0.25) is 0 Å². The lowest BCUT2D eigenvalue weighted by atomic mass is 10.0. The smallest absolute Gasteiger partial charge is 0.220 e. The van der Waals surface area contributed by atoms with Gasteiger partial charge < -0.3 is 0 Å². The number of rotatable bonds is 5. The molecule has 0 N–H and O–H groups in total. The third-order valence-corrected chi connectivity index (χ3v) is 11.2. The van der Waals surface area contributed by atoms with Gasteiger partial charge in [-0.2, -0.15) is 0 Å². The lowest BCUT2D eigenvalue weighted by Gasteiger charge is -2.10. The molecule has 0 atom stereocenters. The van der Waals surface area contributed by atoms with Gasteiger partial charge in [0.1, 0.15) is 0 Å². The standard InChI is InChI=1S/C50H32N6/c1-3-12-33(13-4-1)35-22-26-39(27-23-35)53-45-28-24-37(31-47(45)55-43-20-9-7-18-41(43)51-49(53)55)38-25-29-46-48(32-38)56-44-21-10-8-19-42(44)52-50(56)54(46)40-17-11-16-36(30-40)34-14-5-2-6-15-34/h1-32H. The van der Waals surface area contributed by atoms with Crippen molar-refractivity contribution in [1.29, 1.82) is 0 Å². The highest BCUT2D eigenvalue weighted by Crippen LogP contribution is 2.36. The van der Waals surface area contributed by atoms with E-state index in [0.717, 1.165) is 78.2 Å². The average Bonchev–Trinajstić information content (AvgIpc) is 4.00. The van der Waals surface area contributed by atoms with Gasteiger partial charge in [0, 0.05) is 11.4 Å². The van der Waals surface area contributed by atoms with Crippen LogP contribution < -0.4 is 0 Å². The Balaban J connectivity index is 1.06. The Morgan fingerprint density at radius 2 is 0.696 bits per heavy atom. The highest BCUT2D eigenvalue weighted by atomic mass is 15.2. The Kier molecular flexibility index (Phi) is 6.53. The summed E-state index contributed by atoms with van der Waals surface area (Å²) in [6.07, 6.45) is 0. The molecule has 0 unspecified atom stereocenters. The summed E-state index contributed by atoms with van der Waals surface area (Å²) in [4.78, 5) is 10.4. The molecule has 262 valence electrons. The number of fused-ring (bicyclic) bond motifs is 10. The van der Waals surface area contributed by atoms with Crippen LogP contribution >= 0.6 is 0 Å². The van der Waals surface area contributed by atoms with E-state index in [9.17, 15) is 0 Å². The molecular weight excluding hydrogens is 685 g/mol. The molecule has 0 aliphatic heterocycles. The van der Waals surface area contributed by atoms with Crippen LogP contribution in [0.25, 0.3) is 100 Å². The third-order valence-electron chi connectivity index (χ3n) is 11.2. The molecule has 0 spiro atoms. The van der Waals surface area contributed by atoms with E-state index in [1.165, 1.54) is 22.3 Å². The summed E-state index contributed by atoms with van der Waals surface area (Å²) >= 11 is 0. The highest BCUT2D eigenvalue weighted by Gasteiger charge is 2.21. The van der Waals surface area contributed by atoms with Crippen LogP contribution in [0.3, 0.4) is 0 Å². The minimum Gasteiger partial charge on any atom is -0.278 e. The van der Waals surface area contributed by atoms with E-state index in [4.69, 9.17) is 9.97 Å². The summed E-state index contributed by atoms with van der Waals surface area (Å²) in [6.45, 7) is 0. The van der Waals surface area contributed by atoms with Crippen molar-refractivity contribution in [3.63, 3.8) is 0 Å². The first-order valence-electron chi connectivity index (χ1n) is 18.9. The van der Waals surface area contributed by atoms with Gasteiger partial charge >= 0.3 is 0 Å². The Morgan fingerprint density at radius 1 is 0.268 bits per heavy atom. The van der Waals surface area contributed by atoms with Crippen LogP contribution in [0.5, 0.6) is 0 Å². The van der Waals surface area contributed by atoms with E-state index in [1.807, 2.05) is 0 Å². The number of imidazole rings is 4. The van der Waals surface area contributed by atoms with E-state index in [2.05, 4.69) is 212 Å². The van der Waals surface area contributed by atoms with Crippen molar-refractivity contribution in [3.05, 3.63) is 194 Å². The third kappa shape index (κ3) is 4.56. The number of hydrogen-bond donors (Lipinski definition) is 0. The Bertz CT molecular complexity index is 3460. The second-order valence-electron chi connectivity index (χ2n) is 14.4. The highest BCUT2D eigenvalue weighted by molar-refractivity contribution is 5.97. The molecule has 12 rings (SSSR count). The monoisotopic (exact) mass is 716 g/mol. The zero-order valence-corrected chi connectivity index (χ0v) is 30.2. The molecule has 0 aliphatic carbocycles. The minimum absolute atomic E-state index is 0.890. The summed E-state index contributed by atoms with van der Waals surface area (Å²) in [7, 11) is 0. The zero-order valence-electron chi connectivity index (χ0n) is 30.2. The Labute approximate surface area is 321 Å². The molecule has 8 aromatic carbocycles. The molecule has 4 aromatic heterocycles. The first-order valence-corrected chi connectivity index (χ1v) is 18.9. The molecule has 0 bridgehead atoms. The van der Waals surface area contributed by atoms with Crippen molar-refractivity contribution in [2.45, 2.75) is 0 Å². The number of para-hydroxylation sites is 4. The van der Waals surface area contributed by atoms with Crippen LogP contribution in [0, 0.1) is 0 Å². The van der Waals surface area contributed by atoms with Crippen LogP contribution in [0.15, 0.2) is 194 Å². The van der Waals surface area contributed by atoms with E-state index >= 15 is 0 Å². The van der Waals surface area contributed by atoms with Crippen molar-refractivity contribution < 1.29 is 0 Å². The molecular formula is C50H32N6. The summed E-state index contributed by atoms with van der Waals surface area (Å²) in [6, 6.07) is 69.0. The second kappa shape index (κ2) is 11.9. The van der Waals surface area contributed by atoms with Gasteiger partial charge in [-0.1, -0.05) is 121 Å². The molecule has 0 saturated carbocycles. The summed E-state index contributed by atoms with van der Waals surface area (Å²) in [5.41, 5.74) is 17.7. The fourth-order valence-electron chi connectivity index (χ4n) is 8.56. The van der Waals surface area contributed by atoms with Crippen LogP contribution in [0.4, 0.5) is 0 Å². The van der Waals surface area contributed by atoms with Gasteiger partial charge in [0.2, 0.25) is 11.6 Å². The van der Waals surface area contributed by atoms with E-state index in [1.54, 1.807) is 0 Å². The maximum absolute atomic E-state index is 5.20. The van der Waals surface area contributed by atoms with Crippen LogP contribution in [-0.4, -0.2) is 27.9 Å². The molecule has 56 heavy (non-hydrogen) atoms. The molecule has 12 aromatic rings. The van der Waals surface area contributed by atoms with Crippen molar-refractivity contribution in [2.75, 3.05) is 0 Å². The zero-order chi connectivity index (χ0) is 36.7. The number of nitrogens with zero attached hydrogens (tertiary/aromatic N) is 6. The second-order valence-corrected chi connectivity index (χ2v) is 14.4. The maximum atomic E-state index is 5.20. The number of aromatic nitrogens is 6. The van der Waals surface area contributed by atoms with Gasteiger partial charge in [-0.05, 0) is 106 Å². The maximum Gasteiger partial charge on any atom is 0.220 e. The lowest BCUT2D eigenvalue weighted by molar-refractivity contribution is 1.11. The van der Waals surface area contributed by atoms with Crippen molar-refractivity contribution in [3.8, 4) is 44.8 Å². The SMILES string of the molecule is c1ccc(-c2ccc(-n3c4ccc(-c5ccc6c(c5)n5c7ccccc7nc5n6-c5cccc(-c6ccccc6)c5)cc4n4c5ccccc5nc34)cc2)cc1. The minimum atomic E-state index is 0.890. The van der Waals surface area contributed by atoms with Crippen molar-refractivity contribution >= 4 is 55.7 Å². The van der Waals surface area contributed by atoms with Crippen LogP contribution in [-0.2, 0) is 0 Å². The van der Waals surface area contributed by atoms with Gasteiger partial charge in [-0.15, -0.1) is 0 Å². The topological polar surface area (TPSA) is 44.5 Å². The van der Waals surface area contributed by atoms with Gasteiger partial charge in [0.15, 0.2) is 0 Å². The quantitative estimate of drug-likeness (QED) is 0.178. The summed E-state index contributed by atoms with van der Waals surface area (Å²) in [5, 5.41) is 0. The normalized spacial score (nSPS) is 11.9. The van der Waals surface area contributed by atoms with Gasteiger partial charge in [0.05, 0.1) is 44.1 Å². The first-order chi connectivity index (χ1) is 27.8. The predicted molar refractivity (Wildman–Crippen MR) is 229 cm³/mol. The molecule has 6 nitrogen and oxygen atoms in total. The van der Waals surface area contributed by atoms with E-state index < -0.39 is 0 Å². The molecule has 0 fully saturated rings. The van der Waals surface area contributed by atoms with E-state index in [-0.39, 0.29) is 0 Å². The molecule has 6 heteroatoms. The Morgan fingerprint density at radius 3 is 1.27 bits per heavy atom. The van der Waals surface area contributed by atoms with Gasteiger partial charge in [0.25, 0.3) is 0 Å². The Hall–Kier alpha value is -7.70. The molecule has 4 heterocycles. The number of hydrogen-bond acceptors (Lipinski definition) is 2. The fraction of sp³-hybridized carbons (Fsp3) is 0. The lowest BCUT2D eigenvalue weighted by Crippen LogP contribution is -1.95. The van der Waals surface area contributed by atoms with E-state index in [0.29, 0.717) is 0 Å². The largest absolute Gasteiger partial charge is 0.278 e. The van der Waals surface area contributed by atoms with Crippen molar-refractivity contribution in [1.82, 2.24) is 27.9 Å². The molecule has 0 aliphatic rings. The average molecular weight is 717 g/mol. The van der Waals surface area contributed by atoms with Gasteiger partial charge in [-0.3, -0.25) is 17.9 Å². The predicted octanol–water partition coefficient (Wildman–Crippen LogP) is 12.2. The summed E-state index contributed by atoms with van der Waals surface area (Å²) in [5.74, 6) is 1.78. The summed E-state index contributed by atoms with van der Waals surface area (Å²) < 4.78 is 9.18. The molecule has 0 radical (unpaired) electrons. The molecule has 0 amide bonds. The first kappa shape index (κ1) is 30.7. The van der Waals surface area contributed by atoms with Crippen LogP contribution in [0.1, 0.15) is 0 Å². The fourth-order valence-corrected chi connectivity index (χ4v) is 8.56.